The number of aromatic nitrogens is 1. The van der Waals surface area contributed by atoms with Crippen LogP contribution in [0.15, 0.2) is 12.1 Å². The van der Waals surface area contributed by atoms with Crippen LogP contribution in [0.25, 0.3) is 0 Å². The molecule has 0 spiro atoms. The van der Waals surface area contributed by atoms with E-state index in [9.17, 15) is 8.42 Å². The molecule has 1 saturated carbocycles. The van der Waals surface area contributed by atoms with Crippen LogP contribution in [-0.4, -0.2) is 67.6 Å². The Hall–Kier alpha value is -1.18. The van der Waals surface area contributed by atoms with E-state index in [1.807, 2.05) is 6.92 Å². The number of anilines is 1. The largest absolute Gasteiger partial charge is 0.369 e. The summed E-state index contributed by atoms with van der Waals surface area (Å²) in [6, 6.07) is 4.19. The first-order chi connectivity index (χ1) is 12.9. The van der Waals surface area contributed by atoms with Gasteiger partial charge in [0.15, 0.2) is 0 Å². The van der Waals surface area contributed by atoms with Gasteiger partial charge in [0, 0.05) is 44.1 Å². The molecule has 0 aromatic carbocycles. The fourth-order valence-corrected chi connectivity index (χ4v) is 7.08. The first kappa shape index (κ1) is 19.2. The van der Waals surface area contributed by atoms with Crippen molar-refractivity contribution in [2.45, 2.75) is 56.7 Å². The highest BCUT2D eigenvalue weighted by Gasteiger charge is 2.41. The van der Waals surface area contributed by atoms with Crippen molar-refractivity contribution in [3.63, 3.8) is 0 Å². The van der Waals surface area contributed by atoms with Gasteiger partial charge in [-0.3, -0.25) is 4.98 Å². The summed E-state index contributed by atoms with van der Waals surface area (Å²) in [6.45, 7) is 6.80. The zero-order chi connectivity index (χ0) is 19.0. The van der Waals surface area contributed by atoms with Crippen LogP contribution in [0.1, 0.15) is 56.0 Å². The van der Waals surface area contributed by atoms with Gasteiger partial charge in [-0.15, -0.1) is 0 Å². The second kappa shape index (κ2) is 7.68. The van der Waals surface area contributed by atoms with E-state index in [1.54, 1.807) is 4.31 Å². The zero-order valence-corrected chi connectivity index (χ0v) is 17.4. The van der Waals surface area contributed by atoms with E-state index in [0.717, 1.165) is 76.1 Å². The first-order valence-electron chi connectivity index (χ1n) is 10.4. The predicted octanol–water partition coefficient (Wildman–Crippen LogP) is 2.55. The lowest BCUT2D eigenvalue weighted by molar-refractivity contribution is 0.312. The maximum atomic E-state index is 13.2. The van der Waals surface area contributed by atoms with Gasteiger partial charge in [-0.25, -0.2) is 8.42 Å². The lowest BCUT2D eigenvalue weighted by atomic mass is 10.1. The fraction of sp³-hybridized carbons (Fsp3) is 0.750. The Kier molecular flexibility index (Phi) is 5.45. The Balaban J connectivity index is 1.60. The molecule has 0 unspecified atom stereocenters. The Morgan fingerprint density at radius 3 is 2.37 bits per heavy atom. The summed E-state index contributed by atoms with van der Waals surface area (Å²) in [6.07, 6.45) is 5.52. The number of pyridine rings is 1. The molecule has 2 aliphatic heterocycles. The van der Waals surface area contributed by atoms with E-state index in [-0.39, 0.29) is 11.3 Å². The lowest BCUT2D eigenvalue weighted by Gasteiger charge is -2.35. The van der Waals surface area contributed by atoms with E-state index in [0.29, 0.717) is 6.54 Å². The highest BCUT2D eigenvalue weighted by atomic mass is 32.2. The molecule has 0 bridgehead atoms. The third-order valence-corrected chi connectivity index (χ3v) is 8.83. The maximum absolute atomic E-state index is 13.2. The summed E-state index contributed by atoms with van der Waals surface area (Å²) in [7, 11) is -1.06. The van der Waals surface area contributed by atoms with Gasteiger partial charge >= 0.3 is 0 Å². The smallest absolute Gasteiger partial charge is 0.217 e. The third kappa shape index (κ3) is 3.87. The Morgan fingerprint density at radius 2 is 1.67 bits per heavy atom. The SMILES string of the molecule is Cc1cc(N2CCN(C)CC2)cc([C@H]2CCCN2S(=O)(=O)C2CCCC2)n1. The number of piperazine rings is 1. The average molecular weight is 393 g/mol. The van der Waals surface area contributed by atoms with E-state index in [1.165, 1.54) is 5.69 Å². The van der Waals surface area contributed by atoms with Crippen LogP contribution in [0.4, 0.5) is 5.69 Å². The first-order valence-corrected chi connectivity index (χ1v) is 11.9. The number of likely N-dealkylation sites (N-methyl/N-ethyl adjacent to an activating group) is 1. The summed E-state index contributed by atoms with van der Waals surface area (Å²) in [5.74, 6) is 0. The predicted molar refractivity (Wildman–Crippen MR) is 109 cm³/mol. The summed E-state index contributed by atoms with van der Waals surface area (Å²) >= 11 is 0. The Labute approximate surface area is 163 Å². The van der Waals surface area contributed by atoms with Crippen molar-refractivity contribution in [3.8, 4) is 0 Å². The molecule has 2 saturated heterocycles. The number of rotatable bonds is 4. The number of sulfonamides is 1. The van der Waals surface area contributed by atoms with E-state index in [4.69, 9.17) is 4.98 Å². The fourth-order valence-electron chi connectivity index (χ4n) is 4.81. The van der Waals surface area contributed by atoms with Crippen LogP contribution in [0.3, 0.4) is 0 Å². The molecule has 3 aliphatic rings. The minimum Gasteiger partial charge on any atom is -0.369 e. The monoisotopic (exact) mass is 392 g/mol. The van der Waals surface area contributed by atoms with Gasteiger partial charge < -0.3 is 9.80 Å². The number of hydrogen-bond acceptors (Lipinski definition) is 5. The molecule has 0 N–H and O–H groups in total. The molecule has 6 nitrogen and oxygen atoms in total. The molecule has 1 aromatic rings. The topological polar surface area (TPSA) is 56.8 Å². The number of aryl methyl sites for hydroxylation is 1. The number of nitrogens with zero attached hydrogens (tertiary/aromatic N) is 4. The van der Waals surface area contributed by atoms with Gasteiger partial charge in [0.05, 0.1) is 17.0 Å². The quantitative estimate of drug-likeness (QED) is 0.788. The second-order valence-electron chi connectivity index (χ2n) is 8.40. The van der Waals surface area contributed by atoms with Crippen molar-refractivity contribution in [1.29, 1.82) is 0 Å². The van der Waals surface area contributed by atoms with E-state index >= 15 is 0 Å². The summed E-state index contributed by atoms with van der Waals surface area (Å²) < 4.78 is 28.2. The highest BCUT2D eigenvalue weighted by molar-refractivity contribution is 7.89. The third-order valence-electron chi connectivity index (χ3n) is 6.42. The summed E-state index contributed by atoms with van der Waals surface area (Å²) in [5.41, 5.74) is 3.10. The minimum atomic E-state index is -3.22. The van der Waals surface area contributed by atoms with Crippen molar-refractivity contribution < 1.29 is 8.42 Å². The van der Waals surface area contributed by atoms with Crippen LogP contribution in [0, 0.1) is 6.92 Å². The van der Waals surface area contributed by atoms with Crippen LogP contribution in [0.2, 0.25) is 0 Å². The van der Waals surface area contributed by atoms with Gasteiger partial charge in [0.2, 0.25) is 10.0 Å². The molecule has 27 heavy (non-hydrogen) atoms. The zero-order valence-electron chi connectivity index (χ0n) is 16.6. The maximum Gasteiger partial charge on any atom is 0.217 e. The van der Waals surface area contributed by atoms with Gasteiger partial charge in [-0.1, -0.05) is 12.8 Å². The highest BCUT2D eigenvalue weighted by Crippen LogP contribution is 2.39. The van der Waals surface area contributed by atoms with Gasteiger partial charge in [-0.2, -0.15) is 4.31 Å². The van der Waals surface area contributed by atoms with Crippen LogP contribution in [-0.2, 0) is 10.0 Å². The number of hydrogen-bond donors (Lipinski definition) is 0. The minimum absolute atomic E-state index is 0.0956. The molecular formula is C20H32N4O2S. The lowest BCUT2D eigenvalue weighted by Crippen LogP contribution is -2.44. The standard InChI is InChI=1S/C20H32N4O2S/c1-16-14-17(23-12-10-22(2)11-13-23)15-19(21-16)20-8-5-9-24(20)27(25,26)18-6-3-4-7-18/h14-15,18,20H,3-13H2,1-2H3/t20-/m1/s1. The second-order valence-corrected chi connectivity index (χ2v) is 10.6. The molecule has 3 heterocycles. The molecule has 4 rings (SSSR count). The molecule has 7 heteroatoms. The van der Waals surface area contributed by atoms with Gasteiger partial charge in [-0.05, 0) is 51.8 Å². The van der Waals surface area contributed by atoms with Crippen molar-refractivity contribution in [2.24, 2.45) is 0 Å². The summed E-state index contributed by atoms with van der Waals surface area (Å²) in [4.78, 5) is 9.52. The van der Waals surface area contributed by atoms with Crippen LogP contribution >= 0.6 is 0 Å². The normalized spacial score (nSPS) is 26.1. The van der Waals surface area contributed by atoms with E-state index in [2.05, 4.69) is 29.0 Å². The molecule has 1 atom stereocenters. The average Bonchev–Trinajstić information content (AvgIpc) is 3.34. The molecule has 1 aliphatic carbocycles. The Bertz CT molecular complexity index is 768. The Morgan fingerprint density at radius 1 is 0.963 bits per heavy atom. The molecule has 0 radical (unpaired) electrons. The molecule has 3 fully saturated rings. The van der Waals surface area contributed by atoms with Crippen LogP contribution in [0.5, 0.6) is 0 Å². The van der Waals surface area contributed by atoms with Crippen LogP contribution < -0.4 is 4.90 Å². The van der Waals surface area contributed by atoms with Crippen molar-refractivity contribution in [1.82, 2.24) is 14.2 Å². The van der Waals surface area contributed by atoms with Crippen molar-refractivity contribution in [2.75, 3.05) is 44.7 Å². The van der Waals surface area contributed by atoms with Crippen molar-refractivity contribution >= 4 is 15.7 Å². The van der Waals surface area contributed by atoms with Gasteiger partial charge in [0.1, 0.15) is 0 Å². The van der Waals surface area contributed by atoms with Crippen molar-refractivity contribution in [3.05, 3.63) is 23.5 Å². The van der Waals surface area contributed by atoms with E-state index < -0.39 is 10.0 Å². The molecule has 1 aromatic heterocycles. The summed E-state index contributed by atoms with van der Waals surface area (Å²) in [5, 5.41) is -0.181. The molecular weight excluding hydrogens is 360 g/mol. The molecule has 0 amide bonds. The van der Waals surface area contributed by atoms with Gasteiger partial charge in [0.25, 0.3) is 0 Å². The molecule has 150 valence electrons.